The molecule has 0 saturated carbocycles. The predicted octanol–water partition coefficient (Wildman–Crippen LogP) is 5.23. The van der Waals surface area contributed by atoms with Crippen molar-refractivity contribution in [3.63, 3.8) is 0 Å². The summed E-state index contributed by atoms with van der Waals surface area (Å²) < 4.78 is 37.7. The Morgan fingerprint density at radius 1 is 1.12 bits per heavy atom. The van der Waals surface area contributed by atoms with E-state index in [-0.39, 0.29) is 10.7 Å². The molecule has 0 N–H and O–H groups in total. The Bertz CT molecular complexity index is 371. The highest BCUT2D eigenvalue weighted by Crippen LogP contribution is 2.34. The van der Waals surface area contributed by atoms with E-state index >= 15 is 0 Å². The van der Waals surface area contributed by atoms with E-state index in [1.165, 1.54) is 12.1 Å². The topological polar surface area (TPSA) is 0 Å². The van der Waals surface area contributed by atoms with Crippen LogP contribution in [-0.4, -0.2) is 4.83 Å². The van der Waals surface area contributed by atoms with E-state index in [1.54, 1.807) is 6.07 Å². The first kappa shape index (κ1) is 14.6. The van der Waals surface area contributed by atoms with Gasteiger partial charge in [-0.2, -0.15) is 13.2 Å². The lowest BCUT2D eigenvalue weighted by Gasteiger charge is -2.22. The van der Waals surface area contributed by atoms with Gasteiger partial charge in [-0.3, -0.25) is 0 Å². The third kappa shape index (κ3) is 3.73. The van der Waals surface area contributed by atoms with Crippen LogP contribution in [0.4, 0.5) is 13.2 Å². The van der Waals surface area contributed by atoms with E-state index < -0.39 is 11.7 Å². The summed E-state index contributed by atoms with van der Waals surface area (Å²) >= 11 is 3.54. The predicted molar refractivity (Wildman–Crippen MR) is 67.4 cm³/mol. The smallest absolute Gasteiger partial charge is 0.166 e. The summed E-state index contributed by atoms with van der Waals surface area (Å²) in [6, 6.07) is 5.56. The van der Waals surface area contributed by atoms with E-state index in [0.717, 1.165) is 11.6 Å². The Hall–Kier alpha value is -0.510. The zero-order chi connectivity index (χ0) is 13.2. The number of hydrogen-bond acceptors (Lipinski definition) is 0. The van der Waals surface area contributed by atoms with Crippen molar-refractivity contribution < 1.29 is 13.2 Å². The van der Waals surface area contributed by atoms with Crippen LogP contribution in [0.25, 0.3) is 0 Å². The van der Waals surface area contributed by atoms with Crippen molar-refractivity contribution in [1.29, 1.82) is 0 Å². The minimum absolute atomic E-state index is 0.0531. The molecule has 17 heavy (non-hydrogen) atoms. The van der Waals surface area contributed by atoms with E-state index in [1.807, 2.05) is 20.8 Å². The molecule has 0 aliphatic carbocycles. The summed E-state index contributed by atoms with van der Waals surface area (Å²) in [5.74, 6) is 0.428. The molecule has 0 aliphatic rings. The van der Waals surface area contributed by atoms with Gasteiger partial charge >= 0.3 is 6.18 Å². The third-order valence-electron chi connectivity index (χ3n) is 2.85. The van der Waals surface area contributed by atoms with Crippen LogP contribution >= 0.6 is 15.9 Å². The molecule has 2 unspecified atom stereocenters. The van der Waals surface area contributed by atoms with Crippen molar-refractivity contribution in [2.24, 2.45) is 5.92 Å². The average molecular weight is 309 g/mol. The second-order valence-corrected chi connectivity index (χ2v) is 5.66. The summed E-state index contributed by atoms with van der Waals surface area (Å²) in [6.45, 7) is 6.03. The summed E-state index contributed by atoms with van der Waals surface area (Å²) in [4.78, 5) is 0.172. The van der Waals surface area contributed by atoms with Gasteiger partial charge in [-0.15, -0.1) is 0 Å². The van der Waals surface area contributed by atoms with Crippen molar-refractivity contribution in [2.45, 2.75) is 37.7 Å². The van der Waals surface area contributed by atoms with Gasteiger partial charge < -0.3 is 0 Å². The molecular formula is C13H16BrF3. The highest BCUT2D eigenvalue weighted by atomic mass is 79.9. The van der Waals surface area contributed by atoms with Crippen LogP contribution in [0.1, 0.15) is 37.8 Å². The molecule has 0 saturated heterocycles. The molecule has 0 heterocycles. The molecule has 2 atom stereocenters. The summed E-state index contributed by atoms with van der Waals surface area (Å²) in [5.41, 5.74) is 0.140. The van der Waals surface area contributed by atoms with Gasteiger partial charge in [0.2, 0.25) is 0 Å². The van der Waals surface area contributed by atoms with Crippen LogP contribution in [-0.2, 0) is 6.18 Å². The van der Waals surface area contributed by atoms with E-state index in [0.29, 0.717) is 5.92 Å². The Labute approximate surface area is 108 Å². The Morgan fingerprint density at radius 3 is 2.18 bits per heavy atom. The molecule has 0 fully saturated rings. The number of halogens is 4. The molecule has 0 bridgehead atoms. The number of alkyl halides is 4. The minimum Gasteiger partial charge on any atom is -0.166 e. The van der Waals surface area contributed by atoms with Crippen LogP contribution < -0.4 is 0 Å². The van der Waals surface area contributed by atoms with Gasteiger partial charge in [0.1, 0.15) is 0 Å². The van der Waals surface area contributed by atoms with Crippen LogP contribution in [0.2, 0.25) is 0 Å². The minimum atomic E-state index is -4.27. The molecule has 0 radical (unpaired) electrons. The Balaban J connectivity index is 3.00. The van der Waals surface area contributed by atoms with Crippen LogP contribution in [0, 0.1) is 5.92 Å². The quantitative estimate of drug-likeness (QED) is 0.671. The van der Waals surface area contributed by atoms with Gasteiger partial charge in [0.25, 0.3) is 0 Å². The van der Waals surface area contributed by atoms with E-state index in [2.05, 4.69) is 15.9 Å². The molecule has 0 aliphatic heterocycles. The number of rotatable bonds is 3. The van der Waals surface area contributed by atoms with Gasteiger partial charge in [0.05, 0.1) is 5.56 Å². The fraction of sp³-hybridized carbons (Fsp3) is 0.538. The molecule has 0 spiro atoms. The van der Waals surface area contributed by atoms with Crippen molar-refractivity contribution >= 4 is 15.9 Å². The summed E-state index contributed by atoms with van der Waals surface area (Å²) in [6.07, 6.45) is -4.27. The highest BCUT2D eigenvalue weighted by Gasteiger charge is 2.31. The monoisotopic (exact) mass is 308 g/mol. The zero-order valence-electron chi connectivity index (χ0n) is 10.1. The van der Waals surface area contributed by atoms with Crippen molar-refractivity contribution in [3.8, 4) is 0 Å². The SMILES string of the molecule is CC(C)C(Br)C(C)c1cccc(C(F)(F)F)c1. The molecule has 96 valence electrons. The van der Waals surface area contributed by atoms with E-state index in [9.17, 15) is 13.2 Å². The van der Waals surface area contributed by atoms with Crippen molar-refractivity contribution in [1.82, 2.24) is 0 Å². The van der Waals surface area contributed by atoms with Gasteiger partial charge in [-0.1, -0.05) is 54.9 Å². The largest absolute Gasteiger partial charge is 0.416 e. The molecule has 4 heteroatoms. The first-order valence-electron chi connectivity index (χ1n) is 5.54. The van der Waals surface area contributed by atoms with Crippen molar-refractivity contribution in [2.75, 3.05) is 0 Å². The lowest BCUT2D eigenvalue weighted by atomic mass is 9.91. The van der Waals surface area contributed by atoms with Crippen molar-refractivity contribution in [3.05, 3.63) is 35.4 Å². The van der Waals surface area contributed by atoms with Gasteiger partial charge in [0.15, 0.2) is 0 Å². The molecule has 0 amide bonds. The zero-order valence-corrected chi connectivity index (χ0v) is 11.6. The van der Waals surface area contributed by atoms with Gasteiger partial charge in [-0.05, 0) is 23.5 Å². The third-order valence-corrected chi connectivity index (χ3v) is 4.70. The summed E-state index contributed by atoms with van der Waals surface area (Å²) in [7, 11) is 0. The summed E-state index contributed by atoms with van der Waals surface area (Å²) in [5, 5.41) is 0. The van der Waals surface area contributed by atoms with Crippen LogP contribution in [0.3, 0.4) is 0 Å². The maximum absolute atomic E-state index is 12.6. The first-order valence-corrected chi connectivity index (χ1v) is 6.46. The lowest BCUT2D eigenvalue weighted by Crippen LogP contribution is -2.16. The number of benzene rings is 1. The standard InChI is InChI=1S/C13H16BrF3/c1-8(2)12(14)9(3)10-5-4-6-11(7-10)13(15,16)17/h4-9,12H,1-3H3. The second-order valence-electron chi connectivity index (χ2n) is 4.60. The molecular weight excluding hydrogens is 293 g/mol. The molecule has 1 aromatic rings. The van der Waals surface area contributed by atoms with Crippen LogP contribution in [0.15, 0.2) is 24.3 Å². The Kier molecular flexibility index (Phi) is 4.64. The molecule has 0 aromatic heterocycles. The van der Waals surface area contributed by atoms with Gasteiger partial charge in [0, 0.05) is 4.83 Å². The molecule has 0 nitrogen and oxygen atoms in total. The second kappa shape index (κ2) is 5.42. The maximum Gasteiger partial charge on any atom is 0.416 e. The maximum atomic E-state index is 12.6. The fourth-order valence-corrected chi connectivity index (χ4v) is 2.06. The first-order chi connectivity index (χ1) is 7.73. The normalized spacial score (nSPS) is 16.0. The fourth-order valence-electron chi connectivity index (χ4n) is 1.76. The molecule has 1 aromatic carbocycles. The number of hydrogen-bond donors (Lipinski definition) is 0. The molecule has 1 rings (SSSR count). The average Bonchev–Trinajstić information content (AvgIpc) is 2.26. The van der Waals surface area contributed by atoms with Gasteiger partial charge in [-0.25, -0.2) is 0 Å². The highest BCUT2D eigenvalue weighted by molar-refractivity contribution is 9.09. The van der Waals surface area contributed by atoms with Crippen LogP contribution in [0.5, 0.6) is 0 Å². The Morgan fingerprint density at radius 2 is 1.71 bits per heavy atom. The lowest BCUT2D eigenvalue weighted by molar-refractivity contribution is -0.137. The van der Waals surface area contributed by atoms with E-state index in [4.69, 9.17) is 0 Å².